The second kappa shape index (κ2) is 9.41. The maximum atomic E-state index is 13.3. The first kappa shape index (κ1) is 22.5. The predicted molar refractivity (Wildman–Crippen MR) is 132 cm³/mol. The largest absolute Gasteiger partial charge is 0.506 e. The zero-order valence-electron chi connectivity index (χ0n) is 18.6. The highest BCUT2D eigenvalue weighted by Gasteiger charge is 2.19. The van der Waals surface area contributed by atoms with Gasteiger partial charge < -0.3 is 20.4 Å². The molecule has 0 aliphatic rings. The van der Waals surface area contributed by atoms with E-state index in [1.165, 1.54) is 18.2 Å². The van der Waals surface area contributed by atoms with E-state index in [1.807, 2.05) is 24.3 Å². The van der Waals surface area contributed by atoms with E-state index in [-0.39, 0.29) is 16.9 Å². The predicted octanol–water partition coefficient (Wildman–Crippen LogP) is 5.98. The minimum Gasteiger partial charge on any atom is -0.506 e. The number of amides is 1. The Morgan fingerprint density at radius 3 is 2.21 bits per heavy atom. The monoisotopic (exact) mass is 454 g/mol. The van der Waals surface area contributed by atoms with Crippen LogP contribution in [0.5, 0.6) is 5.75 Å². The first-order valence-corrected chi connectivity index (χ1v) is 10.4. The van der Waals surface area contributed by atoms with Gasteiger partial charge in [0.15, 0.2) is 0 Å². The van der Waals surface area contributed by atoms with Crippen LogP contribution in [0.3, 0.4) is 0 Å². The van der Waals surface area contributed by atoms with E-state index in [0.29, 0.717) is 33.5 Å². The normalized spacial score (nSPS) is 11.0. The van der Waals surface area contributed by atoms with Crippen molar-refractivity contribution in [2.75, 3.05) is 24.3 Å². The van der Waals surface area contributed by atoms with Gasteiger partial charge in [0.1, 0.15) is 5.75 Å². The molecule has 0 aliphatic carbocycles. The van der Waals surface area contributed by atoms with Crippen LogP contribution in [0.25, 0.3) is 10.8 Å². The van der Waals surface area contributed by atoms with E-state index in [0.717, 1.165) is 0 Å². The summed E-state index contributed by atoms with van der Waals surface area (Å²) in [7, 11) is 3.56. The Morgan fingerprint density at radius 1 is 0.853 bits per heavy atom. The molecule has 0 bridgehead atoms. The summed E-state index contributed by atoms with van der Waals surface area (Å²) in [5, 5.41) is 32.6. The molecular formula is C26H22N4O4. The molecular weight excluding hydrogens is 432 g/mol. The average molecular weight is 454 g/mol. The number of benzene rings is 4. The van der Waals surface area contributed by atoms with Crippen molar-refractivity contribution in [3.05, 3.63) is 90.0 Å². The Kier molecular flexibility index (Phi) is 6.22. The third-order valence-corrected chi connectivity index (χ3v) is 5.24. The molecule has 4 aromatic carbocycles. The molecule has 0 fully saturated rings. The van der Waals surface area contributed by atoms with Crippen molar-refractivity contribution in [2.24, 2.45) is 10.2 Å². The lowest BCUT2D eigenvalue weighted by atomic mass is 10.0. The minimum absolute atomic E-state index is 0.00820. The van der Waals surface area contributed by atoms with E-state index in [2.05, 4.69) is 15.5 Å². The van der Waals surface area contributed by atoms with Gasteiger partial charge in [-0.15, -0.1) is 5.11 Å². The van der Waals surface area contributed by atoms with E-state index >= 15 is 0 Å². The SMILES string of the molecule is CN(C)c1ccc(C(=O)O)cc1NC(=O)c1cc(N=Nc2ccccc2)c2ccccc2c1O. The molecule has 0 saturated carbocycles. The summed E-state index contributed by atoms with van der Waals surface area (Å²) in [6, 6.07) is 22.1. The Morgan fingerprint density at radius 2 is 1.53 bits per heavy atom. The maximum absolute atomic E-state index is 13.3. The van der Waals surface area contributed by atoms with Crippen LogP contribution in [0.15, 0.2) is 89.1 Å². The molecule has 0 aliphatic heterocycles. The second-order valence-electron chi connectivity index (χ2n) is 7.76. The van der Waals surface area contributed by atoms with Gasteiger partial charge in [-0.3, -0.25) is 4.79 Å². The van der Waals surface area contributed by atoms with Crippen LogP contribution < -0.4 is 10.2 Å². The van der Waals surface area contributed by atoms with Crippen molar-refractivity contribution in [3.8, 4) is 5.75 Å². The second-order valence-corrected chi connectivity index (χ2v) is 7.76. The Bertz CT molecular complexity index is 1420. The van der Waals surface area contributed by atoms with Crippen molar-refractivity contribution >= 4 is 45.4 Å². The molecule has 0 radical (unpaired) electrons. The number of hydrogen-bond acceptors (Lipinski definition) is 6. The Balaban J connectivity index is 1.78. The first-order chi connectivity index (χ1) is 16.3. The molecule has 0 heterocycles. The van der Waals surface area contributed by atoms with Gasteiger partial charge in [-0.05, 0) is 36.4 Å². The summed E-state index contributed by atoms with van der Waals surface area (Å²) in [5.74, 6) is -1.92. The summed E-state index contributed by atoms with van der Waals surface area (Å²) < 4.78 is 0. The van der Waals surface area contributed by atoms with Crippen LogP contribution >= 0.6 is 0 Å². The van der Waals surface area contributed by atoms with Gasteiger partial charge in [-0.25, -0.2) is 4.79 Å². The maximum Gasteiger partial charge on any atom is 0.335 e. The number of aromatic hydroxyl groups is 1. The van der Waals surface area contributed by atoms with E-state index in [1.54, 1.807) is 55.4 Å². The number of carboxylic acid groups (broad SMARTS) is 1. The van der Waals surface area contributed by atoms with Gasteiger partial charge in [0.05, 0.1) is 33.9 Å². The number of anilines is 2. The highest BCUT2D eigenvalue weighted by atomic mass is 16.4. The molecule has 4 aromatic rings. The Labute approximate surface area is 195 Å². The van der Waals surface area contributed by atoms with E-state index < -0.39 is 11.9 Å². The van der Waals surface area contributed by atoms with E-state index in [9.17, 15) is 19.8 Å². The van der Waals surface area contributed by atoms with Gasteiger partial charge in [0.2, 0.25) is 0 Å². The number of aromatic carboxylic acids is 1. The van der Waals surface area contributed by atoms with Crippen molar-refractivity contribution in [1.29, 1.82) is 0 Å². The summed E-state index contributed by atoms with van der Waals surface area (Å²) in [6.07, 6.45) is 0. The highest BCUT2D eigenvalue weighted by Crippen LogP contribution is 2.37. The molecule has 0 aromatic heterocycles. The lowest BCUT2D eigenvalue weighted by Crippen LogP contribution is -2.17. The van der Waals surface area contributed by atoms with Crippen LogP contribution in [0, 0.1) is 0 Å². The zero-order valence-corrected chi connectivity index (χ0v) is 18.6. The van der Waals surface area contributed by atoms with Crippen molar-refractivity contribution in [2.45, 2.75) is 0 Å². The van der Waals surface area contributed by atoms with Crippen LogP contribution in [-0.2, 0) is 0 Å². The Hall–Kier alpha value is -4.72. The average Bonchev–Trinajstić information content (AvgIpc) is 2.84. The fourth-order valence-corrected chi connectivity index (χ4v) is 3.55. The summed E-state index contributed by atoms with van der Waals surface area (Å²) in [5.41, 5.74) is 1.99. The van der Waals surface area contributed by atoms with Crippen molar-refractivity contribution in [1.82, 2.24) is 0 Å². The standard InChI is InChI=1S/C26H22N4O4/c1-30(2)23-13-12-16(26(33)34)14-22(23)27-25(32)20-15-21(29-28-17-8-4-3-5-9-17)18-10-6-7-11-19(18)24(20)31/h3-15,31H,1-2H3,(H,27,32)(H,33,34). The number of phenols is 1. The molecule has 0 atom stereocenters. The first-order valence-electron chi connectivity index (χ1n) is 10.4. The van der Waals surface area contributed by atoms with Crippen LogP contribution in [0.4, 0.5) is 22.7 Å². The lowest BCUT2D eigenvalue weighted by molar-refractivity contribution is 0.0696. The van der Waals surface area contributed by atoms with Crippen LogP contribution in [0.1, 0.15) is 20.7 Å². The number of carbonyl (C=O) groups is 2. The fourth-order valence-electron chi connectivity index (χ4n) is 3.55. The van der Waals surface area contributed by atoms with Crippen LogP contribution in [-0.4, -0.2) is 36.2 Å². The smallest absolute Gasteiger partial charge is 0.335 e. The van der Waals surface area contributed by atoms with Gasteiger partial charge in [0.25, 0.3) is 5.91 Å². The van der Waals surface area contributed by atoms with E-state index in [4.69, 9.17) is 0 Å². The quantitative estimate of drug-likeness (QED) is 0.310. The van der Waals surface area contributed by atoms with Gasteiger partial charge in [-0.1, -0.05) is 42.5 Å². The van der Waals surface area contributed by atoms with Crippen LogP contribution in [0.2, 0.25) is 0 Å². The number of fused-ring (bicyclic) bond motifs is 1. The highest BCUT2D eigenvalue weighted by molar-refractivity contribution is 6.13. The molecule has 8 heteroatoms. The number of carboxylic acids is 1. The van der Waals surface area contributed by atoms with Gasteiger partial charge in [0, 0.05) is 24.9 Å². The topological polar surface area (TPSA) is 115 Å². The number of nitrogens with zero attached hydrogens (tertiary/aromatic N) is 3. The fraction of sp³-hybridized carbons (Fsp3) is 0.0769. The number of nitrogens with one attached hydrogen (secondary N) is 1. The van der Waals surface area contributed by atoms with Gasteiger partial charge >= 0.3 is 5.97 Å². The number of azo groups is 1. The third kappa shape index (κ3) is 4.56. The minimum atomic E-state index is -1.11. The summed E-state index contributed by atoms with van der Waals surface area (Å²) in [6.45, 7) is 0. The summed E-state index contributed by atoms with van der Waals surface area (Å²) in [4.78, 5) is 26.4. The molecule has 0 unspecified atom stereocenters. The molecule has 1 amide bonds. The molecule has 8 nitrogen and oxygen atoms in total. The molecule has 3 N–H and O–H groups in total. The molecule has 0 saturated heterocycles. The molecule has 0 spiro atoms. The number of carbonyl (C=O) groups excluding carboxylic acids is 1. The zero-order chi connectivity index (χ0) is 24.2. The molecule has 34 heavy (non-hydrogen) atoms. The number of hydrogen-bond donors (Lipinski definition) is 3. The number of rotatable bonds is 6. The van der Waals surface area contributed by atoms with Crippen molar-refractivity contribution < 1.29 is 19.8 Å². The third-order valence-electron chi connectivity index (χ3n) is 5.24. The molecule has 4 rings (SSSR count). The van der Waals surface area contributed by atoms with Gasteiger partial charge in [-0.2, -0.15) is 5.11 Å². The lowest BCUT2D eigenvalue weighted by Gasteiger charge is -2.19. The molecule has 170 valence electrons. The number of phenolic OH excluding ortho intramolecular Hbond substituents is 1. The van der Waals surface area contributed by atoms with Crippen molar-refractivity contribution in [3.63, 3.8) is 0 Å². The summed E-state index contributed by atoms with van der Waals surface area (Å²) >= 11 is 0.